The first kappa shape index (κ1) is 11.1. The number of imide groups is 1. The van der Waals surface area contributed by atoms with E-state index >= 15 is 0 Å². The summed E-state index contributed by atoms with van der Waals surface area (Å²) < 4.78 is 12.7. The van der Waals surface area contributed by atoms with Crippen LogP contribution in [-0.2, 0) is 16.1 Å². The summed E-state index contributed by atoms with van der Waals surface area (Å²) in [5.41, 5.74) is 0.759. The standard InChI is InChI=1S/C11H10FNO2S/c12-9-3-1-8(2-4-9)5-13-10(14)6-16-7-11(13)15/h1-4H,5-7H2. The van der Waals surface area contributed by atoms with Crippen molar-refractivity contribution in [1.29, 1.82) is 0 Å². The van der Waals surface area contributed by atoms with Gasteiger partial charge in [0.05, 0.1) is 18.1 Å². The largest absolute Gasteiger partial charge is 0.277 e. The van der Waals surface area contributed by atoms with Crippen LogP contribution in [0.3, 0.4) is 0 Å². The molecule has 0 aliphatic carbocycles. The van der Waals surface area contributed by atoms with Crippen molar-refractivity contribution in [2.45, 2.75) is 6.54 Å². The maximum absolute atomic E-state index is 12.7. The number of hydrogen-bond donors (Lipinski definition) is 0. The first-order chi connectivity index (χ1) is 7.66. The Morgan fingerprint density at radius 2 is 1.69 bits per heavy atom. The number of nitrogens with zero attached hydrogens (tertiary/aromatic N) is 1. The molecule has 2 amide bonds. The van der Waals surface area contributed by atoms with Gasteiger partial charge in [-0.3, -0.25) is 14.5 Å². The molecule has 0 aromatic heterocycles. The van der Waals surface area contributed by atoms with Gasteiger partial charge in [-0.05, 0) is 17.7 Å². The number of benzene rings is 1. The molecular weight excluding hydrogens is 229 g/mol. The summed E-state index contributed by atoms with van der Waals surface area (Å²) in [5.74, 6) is 0.00612. The highest BCUT2D eigenvalue weighted by atomic mass is 32.2. The van der Waals surface area contributed by atoms with Gasteiger partial charge >= 0.3 is 0 Å². The smallest absolute Gasteiger partial charge is 0.239 e. The summed E-state index contributed by atoms with van der Waals surface area (Å²) in [6, 6.07) is 5.81. The van der Waals surface area contributed by atoms with E-state index in [9.17, 15) is 14.0 Å². The molecule has 1 saturated heterocycles. The number of carbonyl (C=O) groups is 2. The molecule has 16 heavy (non-hydrogen) atoms. The van der Waals surface area contributed by atoms with E-state index in [0.29, 0.717) is 11.5 Å². The highest BCUT2D eigenvalue weighted by Gasteiger charge is 2.26. The molecule has 3 nitrogen and oxygen atoms in total. The van der Waals surface area contributed by atoms with Crippen molar-refractivity contribution < 1.29 is 14.0 Å². The van der Waals surface area contributed by atoms with Gasteiger partial charge in [0.1, 0.15) is 5.82 Å². The average molecular weight is 239 g/mol. The normalized spacial score (nSPS) is 16.7. The minimum absolute atomic E-state index is 0.175. The number of halogens is 1. The summed E-state index contributed by atoms with van der Waals surface area (Å²) in [6.07, 6.45) is 0. The molecule has 0 saturated carbocycles. The number of thioether (sulfide) groups is 1. The van der Waals surface area contributed by atoms with Crippen molar-refractivity contribution >= 4 is 23.6 Å². The van der Waals surface area contributed by atoms with Crippen molar-refractivity contribution in [3.8, 4) is 0 Å². The molecule has 0 bridgehead atoms. The maximum Gasteiger partial charge on any atom is 0.239 e. The van der Waals surface area contributed by atoms with Gasteiger partial charge in [-0.1, -0.05) is 12.1 Å². The average Bonchev–Trinajstić information content (AvgIpc) is 2.26. The number of rotatable bonds is 2. The Morgan fingerprint density at radius 3 is 2.25 bits per heavy atom. The van der Waals surface area contributed by atoms with E-state index < -0.39 is 0 Å². The Balaban J connectivity index is 2.10. The molecule has 0 unspecified atom stereocenters. The van der Waals surface area contributed by atoms with Gasteiger partial charge in [0.25, 0.3) is 0 Å². The van der Waals surface area contributed by atoms with E-state index in [1.54, 1.807) is 12.1 Å². The first-order valence-electron chi connectivity index (χ1n) is 4.82. The molecule has 1 fully saturated rings. The van der Waals surface area contributed by atoms with Crippen LogP contribution in [0.2, 0.25) is 0 Å². The molecule has 1 heterocycles. The molecule has 0 radical (unpaired) electrons. The van der Waals surface area contributed by atoms with Crippen LogP contribution >= 0.6 is 11.8 Å². The fourth-order valence-corrected chi connectivity index (χ4v) is 2.23. The molecule has 84 valence electrons. The lowest BCUT2D eigenvalue weighted by atomic mass is 10.2. The van der Waals surface area contributed by atoms with Crippen LogP contribution in [0.4, 0.5) is 4.39 Å². The molecule has 1 aromatic carbocycles. The van der Waals surface area contributed by atoms with Gasteiger partial charge in [-0.25, -0.2) is 4.39 Å². The third kappa shape index (κ3) is 2.41. The molecular formula is C11H10FNO2S. The third-order valence-corrected chi connectivity index (χ3v) is 3.21. The Hall–Kier alpha value is -1.36. The molecule has 0 atom stereocenters. The predicted molar refractivity (Wildman–Crippen MR) is 59.3 cm³/mol. The summed E-state index contributed by atoms with van der Waals surface area (Å²) >= 11 is 1.33. The van der Waals surface area contributed by atoms with Gasteiger partial charge in [0.2, 0.25) is 11.8 Å². The molecule has 0 N–H and O–H groups in total. The number of carbonyl (C=O) groups excluding carboxylic acids is 2. The summed E-state index contributed by atoms with van der Waals surface area (Å²) in [6.45, 7) is 0.235. The number of amides is 2. The number of hydrogen-bond acceptors (Lipinski definition) is 3. The van der Waals surface area contributed by atoms with Crippen LogP contribution in [0.25, 0.3) is 0 Å². The lowest BCUT2D eigenvalue weighted by molar-refractivity contribution is -0.142. The van der Waals surface area contributed by atoms with Crippen LogP contribution in [0, 0.1) is 5.82 Å². The molecule has 2 rings (SSSR count). The Morgan fingerprint density at radius 1 is 1.12 bits per heavy atom. The lowest BCUT2D eigenvalue weighted by Gasteiger charge is -2.24. The highest BCUT2D eigenvalue weighted by Crippen LogP contribution is 2.15. The van der Waals surface area contributed by atoms with Gasteiger partial charge in [0, 0.05) is 0 Å². The van der Waals surface area contributed by atoms with Crippen molar-refractivity contribution in [3.05, 3.63) is 35.6 Å². The zero-order valence-corrected chi connectivity index (χ0v) is 9.30. The fraction of sp³-hybridized carbons (Fsp3) is 0.273. The summed E-state index contributed by atoms with van der Waals surface area (Å²) in [5, 5.41) is 0. The second kappa shape index (κ2) is 4.65. The van der Waals surface area contributed by atoms with Gasteiger partial charge in [-0.2, -0.15) is 0 Å². The predicted octanol–water partition coefficient (Wildman–Crippen LogP) is 1.43. The van der Waals surface area contributed by atoms with E-state index in [-0.39, 0.29) is 24.2 Å². The Labute approximate surface area is 96.6 Å². The Kier molecular flexibility index (Phi) is 3.24. The summed E-state index contributed by atoms with van der Waals surface area (Å²) in [4.78, 5) is 24.2. The van der Waals surface area contributed by atoms with Crippen molar-refractivity contribution in [2.24, 2.45) is 0 Å². The van der Waals surface area contributed by atoms with E-state index in [4.69, 9.17) is 0 Å². The molecule has 5 heteroatoms. The maximum atomic E-state index is 12.7. The zero-order chi connectivity index (χ0) is 11.5. The van der Waals surface area contributed by atoms with Gasteiger partial charge in [-0.15, -0.1) is 11.8 Å². The van der Waals surface area contributed by atoms with Crippen molar-refractivity contribution in [2.75, 3.05) is 11.5 Å². The monoisotopic (exact) mass is 239 g/mol. The fourth-order valence-electron chi connectivity index (χ4n) is 1.47. The topological polar surface area (TPSA) is 37.4 Å². The van der Waals surface area contributed by atoms with Gasteiger partial charge < -0.3 is 0 Å². The Bertz CT molecular complexity index is 402. The third-order valence-electron chi connectivity index (χ3n) is 2.31. The van der Waals surface area contributed by atoms with Crippen LogP contribution in [-0.4, -0.2) is 28.2 Å². The van der Waals surface area contributed by atoms with Crippen LogP contribution < -0.4 is 0 Å². The van der Waals surface area contributed by atoms with Crippen LogP contribution in [0.1, 0.15) is 5.56 Å². The van der Waals surface area contributed by atoms with E-state index in [1.807, 2.05) is 0 Å². The minimum atomic E-state index is -0.324. The molecule has 1 aromatic rings. The van der Waals surface area contributed by atoms with Gasteiger partial charge in [0.15, 0.2) is 0 Å². The lowest BCUT2D eigenvalue weighted by Crippen LogP contribution is -2.42. The van der Waals surface area contributed by atoms with Crippen molar-refractivity contribution in [3.63, 3.8) is 0 Å². The van der Waals surface area contributed by atoms with Crippen LogP contribution in [0.5, 0.6) is 0 Å². The SMILES string of the molecule is O=C1CSCC(=O)N1Cc1ccc(F)cc1. The van der Waals surface area contributed by atoms with E-state index in [1.165, 1.54) is 28.8 Å². The van der Waals surface area contributed by atoms with Crippen LogP contribution in [0.15, 0.2) is 24.3 Å². The minimum Gasteiger partial charge on any atom is -0.277 e. The van der Waals surface area contributed by atoms with E-state index in [2.05, 4.69) is 0 Å². The second-order valence-corrected chi connectivity index (χ2v) is 4.48. The highest BCUT2D eigenvalue weighted by molar-refractivity contribution is 8.00. The first-order valence-corrected chi connectivity index (χ1v) is 5.97. The quantitative estimate of drug-likeness (QED) is 0.733. The molecule has 1 aliphatic rings. The van der Waals surface area contributed by atoms with Crippen molar-refractivity contribution in [1.82, 2.24) is 4.90 Å². The zero-order valence-electron chi connectivity index (χ0n) is 8.48. The van der Waals surface area contributed by atoms with E-state index in [0.717, 1.165) is 5.56 Å². The molecule has 0 spiro atoms. The second-order valence-electron chi connectivity index (χ2n) is 3.49. The molecule has 1 aliphatic heterocycles. The summed E-state index contributed by atoms with van der Waals surface area (Å²) in [7, 11) is 0.